The van der Waals surface area contributed by atoms with Gasteiger partial charge in [0.05, 0.1) is 29.4 Å². The van der Waals surface area contributed by atoms with Gasteiger partial charge in [-0.2, -0.15) is 0 Å². The Bertz CT molecular complexity index is 1680. The maximum Gasteiger partial charge on any atom is 0.309 e. The highest BCUT2D eigenvalue weighted by atomic mass is 32.2. The fourth-order valence-electron chi connectivity index (χ4n) is 16.4. The van der Waals surface area contributed by atoms with E-state index in [4.69, 9.17) is 4.74 Å². The molecule has 0 aromatic carbocycles. The number of hydrogen-bond donors (Lipinski definition) is 3. The van der Waals surface area contributed by atoms with Crippen LogP contribution in [-0.4, -0.2) is 90.4 Å². The molecule has 10 heteroatoms. The lowest BCUT2D eigenvalue weighted by atomic mass is 9.32. The van der Waals surface area contributed by atoms with Crippen LogP contribution in [0.2, 0.25) is 0 Å². The Balaban J connectivity index is 1.02. The Morgan fingerprint density at radius 1 is 0.768 bits per heavy atom. The molecule has 0 unspecified atom stereocenters. The first-order chi connectivity index (χ1) is 26.0. The Morgan fingerprint density at radius 2 is 1.45 bits per heavy atom. The molecule has 56 heavy (non-hydrogen) atoms. The van der Waals surface area contributed by atoms with Crippen molar-refractivity contribution in [2.75, 3.05) is 31.1 Å². The largest absolute Gasteiger partial charge is 0.481 e. The first kappa shape index (κ1) is 41.5. The van der Waals surface area contributed by atoms with Crippen LogP contribution < -0.4 is 5.32 Å². The number of esters is 1. The molecular weight excluding hydrogens is 725 g/mol. The number of fused-ring (bicyclic) bond motifs is 7. The lowest BCUT2D eigenvalue weighted by Gasteiger charge is -2.73. The number of ether oxygens (including phenoxy) is 1. The Morgan fingerprint density at radius 3 is 2.05 bits per heavy atom. The standard InChI is InChI=1S/C46H76N2O7S/c1-28(49)33(48-22-24-56(53,54)25-23-48)27-47-46-17-12-29(42(6)18-19-42)37(46)30-10-11-35-43(7)15-14-36(55-39(52)32-26-31(38(50)51)40(32,2)3)41(4,5)34(43)13-16-45(35,9)44(30,8)20-21-46/h28-37,47,49H,10-27H2,1-9H3,(H,50,51)/t28-,29+,30+,31-,32+,33+,34-,35+,36-,37+,43-,44+,45+,46-/m0/s1. The van der Waals surface area contributed by atoms with Gasteiger partial charge in [0, 0.05) is 36.6 Å². The zero-order chi connectivity index (χ0) is 40.6. The number of rotatable bonds is 9. The number of carbonyl (C=O) groups is 2. The van der Waals surface area contributed by atoms with Gasteiger partial charge in [-0.25, -0.2) is 8.42 Å². The van der Waals surface area contributed by atoms with E-state index < -0.39 is 33.2 Å². The van der Waals surface area contributed by atoms with Crippen LogP contribution in [0.3, 0.4) is 0 Å². The summed E-state index contributed by atoms with van der Waals surface area (Å²) in [7, 11) is -2.99. The summed E-state index contributed by atoms with van der Waals surface area (Å²) in [6.45, 7) is 22.7. The first-order valence-corrected chi connectivity index (χ1v) is 24.6. The molecule has 0 aromatic rings. The van der Waals surface area contributed by atoms with Gasteiger partial charge in [0.15, 0.2) is 9.84 Å². The number of carboxylic acid groups (broad SMARTS) is 1. The number of aliphatic hydroxyl groups excluding tert-OH is 1. The summed E-state index contributed by atoms with van der Waals surface area (Å²) in [6, 6.07) is -0.0903. The molecule has 318 valence electrons. The molecule has 0 amide bonds. The van der Waals surface area contributed by atoms with Crippen molar-refractivity contribution in [3.05, 3.63) is 0 Å². The summed E-state index contributed by atoms with van der Waals surface area (Å²) in [5.74, 6) is 1.54. The van der Waals surface area contributed by atoms with Crippen molar-refractivity contribution in [2.45, 2.75) is 170 Å². The third-order valence-corrected chi connectivity index (χ3v) is 22.1. The summed E-state index contributed by atoms with van der Waals surface area (Å²) in [6.07, 6.45) is 14.1. The summed E-state index contributed by atoms with van der Waals surface area (Å²) in [5.41, 5.74) is 0.343. The number of aliphatic carboxylic acids is 1. The van der Waals surface area contributed by atoms with Gasteiger partial charge in [-0.3, -0.25) is 14.5 Å². The van der Waals surface area contributed by atoms with E-state index in [1.165, 1.54) is 57.8 Å². The highest BCUT2D eigenvalue weighted by Crippen LogP contribution is 2.78. The van der Waals surface area contributed by atoms with Crippen LogP contribution in [0.4, 0.5) is 0 Å². The Hall–Kier alpha value is -1.23. The van der Waals surface area contributed by atoms with Gasteiger partial charge in [0.1, 0.15) is 6.10 Å². The molecule has 0 aromatic heterocycles. The minimum atomic E-state index is -2.99. The smallest absolute Gasteiger partial charge is 0.309 e. The van der Waals surface area contributed by atoms with Gasteiger partial charge in [0.25, 0.3) is 0 Å². The van der Waals surface area contributed by atoms with Crippen LogP contribution in [0.5, 0.6) is 0 Å². The molecule has 7 saturated carbocycles. The van der Waals surface area contributed by atoms with Crippen molar-refractivity contribution < 1.29 is 33.0 Å². The predicted octanol–water partition coefficient (Wildman–Crippen LogP) is 7.35. The average molecular weight is 801 g/mol. The topological polar surface area (TPSA) is 133 Å². The average Bonchev–Trinajstić information content (AvgIpc) is 3.72. The van der Waals surface area contributed by atoms with Crippen LogP contribution in [0.1, 0.15) is 146 Å². The molecule has 9 nitrogen and oxygen atoms in total. The molecule has 1 aliphatic heterocycles. The SMILES string of the molecule is C[C@H](O)[C@@H](CN[C@]12CC[C@@H](C3(C)CC3)[C@@H]1[C@H]1CC[C@@H]3[C@@]4(C)CC[C@H](OC(=O)[C@H]5C[C@@H](C(=O)O)C5(C)C)C(C)(C)[C@@H]4CC[C@@]3(C)[C@]1(C)CC2)N1CCS(=O)(=O)CC1. The third-order valence-electron chi connectivity index (χ3n) is 20.5. The van der Waals surface area contributed by atoms with Crippen molar-refractivity contribution >= 4 is 21.8 Å². The quantitative estimate of drug-likeness (QED) is 0.205. The number of carbonyl (C=O) groups excluding carboxylic acids is 1. The van der Waals surface area contributed by atoms with E-state index in [0.29, 0.717) is 61.1 Å². The first-order valence-electron chi connectivity index (χ1n) is 22.8. The van der Waals surface area contributed by atoms with E-state index in [2.05, 4.69) is 51.8 Å². The number of carboxylic acids is 1. The summed E-state index contributed by atoms with van der Waals surface area (Å²) in [4.78, 5) is 27.7. The number of nitrogens with zero attached hydrogens (tertiary/aromatic N) is 1. The highest BCUT2D eigenvalue weighted by molar-refractivity contribution is 7.91. The molecule has 1 heterocycles. The molecule has 8 fully saturated rings. The van der Waals surface area contributed by atoms with E-state index in [1.807, 2.05) is 20.8 Å². The van der Waals surface area contributed by atoms with Crippen molar-refractivity contribution in [3.8, 4) is 0 Å². The molecule has 1 saturated heterocycles. The predicted molar refractivity (Wildman–Crippen MR) is 218 cm³/mol. The summed E-state index contributed by atoms with van der Waals surface area (Å²) in [5, 5.41) is 25.0. The lowest BCUT2D eigenvalue weighted by molar-refractivity contribution is -0.250. The van der Waals surface area contributed by atoms with Crippen LogP contribution in [0, 0.1) is 73.9 Å². The molecule has 3 N–H and O–H groups in total. The van der Waals surface area contributed by atoms with E-state index >= 15 is 0 Å². The summed E-state index contributed by atoms with van der Waals surface area (Å²) < 4.78 is 31.0. The monoisotopic (exact) mass is 801 g/mol. The lowest BCUT2D eigenvalue weighted by Crippen LogP contribution is -2.69. The number of hydrogen-bond acceptors (Lipinski definition) is 8. The van der Waals surface area contributed by atoms with Crippen LogP contribution in [0.15, 0.2) is 0 Å². The van der Waals surface area contributed by atoms with Crippen molar-refractivity contribution in [3.63, 3.8) is 0 Å². The Labute approximate surface area is 338 Å². The molecule has 14 atom stereocenters. The van der Waals surface area contributed by atoms with Crippen LogP contribution in [0.25, 0.3) is 0 Å². The van der Waals surface area contributed by atoms with E-state index in [0.717, 1.165) is 19.3 Å². The second-order valence-corrected chi connectivity index (χ2v) is 25.6. The molecule has 8 rings (SSSR count). The minimum Gasteiger partial charge on any atom is -0.481 e. The van der Waals surface area contributed by atoms with Gasteiger partial charge in [-0.1, -0.05) is 55.4 Å². The van der Waals surface area contributed by atoms with E-state index in [-0.39, 0.29) is 62.7 Å². The van der Waals surface area contributed by atoms with Crippen molar-refractivity contribution in [1.82, 2.24) is 10.2 Å². The second kappa shape index (κ2) is 13.4. The van der Waals surface area contributed by atoms with Gasteiger partial charge < -0.3 is 20.3 Å². The molecule has 0 radical (unpaired) electrons. The zero-order valence-corrected chi connectivity index (χ0v) is 37.1. The van der Waals surface area contributed by atoms with Crippen LogP contribution >= 0.6 is 0 Å². The summed E-state index contributed by atoms with van der Waals surface area (Å²) >= 11 is 0. The number of nitrogens with one attached hydrogen (secondary N) is 1. The molecule has 8 aliphatic rings. The number of sulfone groups is 1. The zero-order valence-electron chi connectivity index (χ0n) is 36.3. The van der Waals surface area contributed by atoms with Gasteiger partial charge >= 0.3 is 11.9 Å². The fourth-order valence-corrected chi connectivity index (χ4v) is 17.6. The second-order valence-electron chi connectivity index (χ2n) is 23.3. The maximum absolute atomic E-state index is 13.7. The van der Waals surface area contributed by atoms with Gasteiger partial charge in [0.2, 0.25) is 0 Å². The minimum absolute atomic E-state index is 0.0587. The van der Waals surface area contributed by atoms with Crippen LogP contribution in [-0.2, 0) is 24.2 Å². The van der Waals surface area contributed by atoms with Gasteiger partial charge in [-0.05, 0) is 147 Å². The van der Waals surface area contributed by atoms with E-state index in [9.17, 15) is 28.2 Å². The Kier molecular flexibility index (Phi) is 9.92. The molecule has 7 aliphatic carbocycles. The highest BCUT2D eigenvalue weighted by Gasteiger charge is 2.72. The van der Waals surface area contributed by atoms with Crippen molar-refractivity contribution in [2.24, 2.45) is 73.9 Å². The number of aliphatic hydroxyl groups is 1. The van der Waals surface area contributed by atoms with Gasteiger partial charge in [-0.15, -0.1) is 0 Å². The maximum atomic E-state index is 13.7. The van der Waals surface area contributed by atoms with Crippen molar-refractivity contribution in [1.29, 1.82) is 0 Å². The fraction of sp³-hybridized carbons (Fsp3) is 0.957. The molecule has 0 spiro atoms. The molecular formula is C46H76N2O7S. The van der Waals surface area contributed by atoms with E-state index in [1.54, 1.807) is 0 Å². The normalized spacial score (nSPS) is 48.1. The third kappa shape index (κ3) is 6.06. The molecule has 0 bridgehead atoms.